The molecule has 0 aromatic carbocycles. The van der Waals surface area contributed by atoms with Gasteiger partial charge in [-0.3, -0.25) is 4.79 Å². The number of carbonyl (C=O) groups is 1. The molecule has 1 saturated carbocycles. The third-order valence-electron chi connectivity index (χ3n) is 3.59. The lowest BCUT2D eigenvalue weighted by atomic mass is 9.33. The summed E-state index contributed by atoms with van der Waals surface area (Å²) in [6.07, 6.45) is 2.64. The molecule has 1 fully saturated rings. The molecule has 0 heterocycles. The van der Waals surface area contributed by atoms with E-state index in [9.17, 15) is 4.79 Å². The first-order valence-corrected chi connectivity index (χ1v) is 4.70. The highest BCUT2D eigenvalue weighted by Crippen LogP contribution is 2.55. The predicted molar refractivity (Wildman–Crippen MR) is 53.9 cm³/mol. The van der Waals surface area contributed by atoms with Gasteiger partial charge in [0.1, 0.15) is 0 Å². The Kier molecular flexibility index (Phi) is 2.55. The van der Waals surface area contributed by atoms with Crippen LogP contribution >= 0.6 is 0 Å². The molecular formula is C8H16B2O2. The van der Waals surface area contributed by atoms with Crippen molar-refractivity contribution in [3.63, 3.8) is 0 Å². The highest BCUT2D eigenvalue weighted by molar-refractivity contribution is 6.41. The van der Waals surface area contributed by atoms with Crippen LogP contribution in [0.15, 0.2) is 0 Å². The Labute approximate surface area is 75.5 Å². The van der Waals surface area contributed by atoms with Gasteiger partial charge in [0.2, 0.25) is 0 Å². The molecule has 2 atom stereocenters. The monoisotopic (exact) mass is 166 g/mol. The van der Waals surface area contributed by atoms with E-state index in [0.29, 0.717) is 12.3 Å². The van der Waals surface area contributed by atoms with Crippen molar-refractivity contribution >= 4 is 21.7 Å². The lowest BCUT2D eigenvalue weighted by Gasteiger charge is -2.52. The van der Waals surface area contributed by atoms with Gasteiger partial charge in [-0.15, -0.1) is 0 Å². The van der Waals surface area contributed by atoms with Crippen molar-refractivity contribution in [3.05, 3.63) is 0 Å². The highest BCUT2D eigenvalue weighted by atomic mass is 16.4. The van der Waals surface area contributed by atoms with Crippen LogP contribution in [0.25, 0.3) is 0 Å². The van der Waals surface area contributed by atoms with Crippen LogP contribution in [-0.4, -0.2) is 26.8 Å². The summed E-state index contributed by atoms with van der Waals surface area (Å²) in [5.74, 6) is 0.490. The number of hydrogen-bond acceptors (Lipinski definition) is 1. The van der Waals surface area contributed by atoms with Crippen molar-refractivity contribution in [1.29, 1.82) is 0 Å². The van der Waals surface area contributed by atoms with Crippen molar-refractivity contribution in [1.82, 2.24) is 0 Å². The molecule has 0 aromatic heterocycles. The number of carboxylic acids is 1. The Bertz CT molecular complexity index is 191. The standard InChI is InChI=1S/C8H16B2O2/c1-2-5-3-6(4-7(11)12)8(5,9)10/h5-6H,2-4,9-10H2,1H3,(H,11,12). The quantitative estimate of drug-likeness (QED) is 0.593. The Morgan fingerprint density at radius 1 is 1.58 bits per heavy atom. The van der Waals surface area contributed by atoms with Crippen molar-refractivity contribution in [2.45, 2.75) is 31.4 Å². The molecule has 0 saturated heterocycles. The molecule has 0 radical (unpaired) electrons. The smallest absolute Gasteiger partial charge is 0.303 e. The predicted octanol–water partition coefficient (Wildman–Crippen LogP) is -0.110. The van der Waals surface area contributed by atoms with Gasteiger partial charge in [0.05, 0.1) is 15.7 Å². The van der Waals surface area contributed by atoms with Gasteiger partial charge in [-0.25, -0.2) is 0 Å². The van der Waals surface area contributed by atoms with Crippen molar-refractivity contribution < 1.29 is 9.90 Å². The van der Waals surface area contributed by atoms with Gasteiger partial charge in [-0.2, -0.15) is 0 Å². The molecule has 1 aliphatic rings. The largest absolute Gasteiger partial charge is 0.481 e. The number of rotatable bonds is 3. The maximum Gasteiger partial charge on any atom is 0.303 e. The van der Waals surface area contributed by atoms with Gasteiger partial charge < -0.3 is 5.11 Å². The van der Waals surface area contributed by atoms with Gasteiger partial charge in [-0.1, -0.05) is 18.6 Å². The second kappa shape index (κ2) is 3.15. The van der Waals surface area contributed by atoms with E-state index >= 15 is 0 Å². The van der Waals surface area contributed by atoms with E-state index in [-0.39, 0.29) is 5.21 Å². The summed E-state index contributed by atoms with van der Waals surface area (Å²) >= 11 is 0. The third-order valence-corrected chi connectivity index (χ3v) is 3.59. The van der Waals surface area contributed by atoms with Crippen molar-refractivity contribution in [2.24, 2.45) is 11.8 Å². The normalized spacial score (nSPS) is 32.4. The first-order valence-electron chi connectivity index (χ1n) is 4.70. The van der Waals surface area contributed by atoms with Crippen LogP contribution in [0, 0.1) is 11.8 Å². The van der Waals surface area contributed by atoms with Crippen LogP contribution in [0.3, 0.4) is 0 Å². The molecule has 0 bridgehead atoms. The van der Waals surface area contributed by atoms with E-state index < -0.39 is 5.97 Å². The average molecular weight is 166 g/mol. The Morgan fingerprint density at radius 3 is 2.50 bits per heavy atom. The maximum absolute atomic E-state index is 10.5. The van der Waals surface area contributed by atoms with Gasteiger partial charge in [0.25, 0.3) is 0 Å². The average Bonchev–Trinajstić information content (AvgIpc) is 1.96. The van der Waals surface area contributed by atoms with Gasteiger partial charge in [-0.05, 0) is 18.3 Å². The minimum Gasteiger partial charge on any atom is -0.481 e. The van der Waals surface area contributed by atoms with Crippen LogP contribution in [0.2, 0.25) is 5.21 Å². The highest BCUT2D eigenvalue weighted by Gasteiger charge is 2.46. The number of carboxylic acid groups (broad SMARTS) is 1. The van der Waals surface area contributed by atoms with Crippen LogP contribution in [0.5, 0.6) is 0 Å². The first-order chi connectivity index (χ1) is 5.48. The summed E-state index contributed by atoms with van der Waals surface area (Å²) in [6, 6.07) is 0. The number of aliphatic carboxylic acids is 1. The molecule has 66 valence electrons. The summed E-state index contributed by atoms with van der Waals surface area (Å²) in [5, 5.41) is 8.90. The second-order valence-corrected chi connectivity index (χ2v) is 4.46. The molecule has 0 aliphatic heterocycles. The molecule has 4 heteroatoms. The second-order valence-electron chi connectivity index (χ2n) is 4.46. The van der Waals surface area contributed by atoms with E-state index in [1.165, 1.54) is 6.42 Å². The molecular weight excluding hydrogens is 150 g/mol. The Balaban J connectivity index is 2.47. The Morgan fingerprint density at radius 2 is 2.17 bits per heavy atom. The van der Waals surface area contributed by atoms with Gasteiger partial charge in [0, 0.05) is 6.42 Å². The van der Waals surface area contributed by atoms with Crippen molar-refractivity contribution in [2.75, 3.05) is 0 Å². The minimum atomic E-state index is -0.650. The fourth-order valence-corrected chi connectivity index (χ4v) is 2.37. The summed E-state index contributed by atoms with van der Waals surface area (Å²) in [5.41, 5.74) is 0. The van der Waals surface area contributed by atoms with E-state index in [4.69, 9.17) is 5.11 Å². The zero-order valence-electron chi connectivity index (χ0n) is 8.13. The van der Waals surface area contributed by atoms with Gasteiger partial charge in [0.15, 0.2) is 0 Å². The van der Waals surface area contributed by atoms with E-state index in [1.54, 1.807) is 0 Å². The summed E-state index contributed by atoms with van der Waals surface area (Å²) in [7, 11) is 4.39. The zero-order chi connectivity index (χ0) is 9.35. The molecule has 2 unspecified atom stereocenters. The van der Waals surface area contributed by atoms with Crippen molar-refractivity contribution in [3.8, 4) is 0 Å². The summed E-state index contributed by atoms with van der Waals surface area (Å²) in [6.45, 7) is 2.18. The molecule has 0 spiro atoms. The lowest BCUT2D eigenvalue weighted by molar-refractivity contribution is -0.139. The molecule has 12 heavy (non-hydrogen) atoms. The first kappa shape index (κ1) is 9.69. The third kappa shape index (κ3) is 1.52. The summed E-state index contributed by atoms with van der Waals surface area (Å²) in [4.78, 5) is 10.5. The lowest BCUT2D eigenvalue weighted by Crippen LogP contribution is -2.44. The molecule has 0 amide bonds. The van der Waals surface area contributed by atoms with E-state index in [1.807, 2.05) is 0 Å². The molecule has 1 rings (SSSR count). The SMILES string of the molecule is BC1(B)C(CC)CC1CC(=O)O. The topological polar surface area (TPSA) is 37.3 Å². The van der Waals surface area contributed by atoms with E-state index in [0.717, 1.165) is 12.3 Å². The Hall–Kier alpha value is -0.400. The fraction of sp³-hybridized carbons (Fsp3) is 0.875. The van der Waals surface area contributed by atoms with E-state index in [2.05, 4.69) is 22.6 Å². The molecule has 1 aliphatic carbocycles. The minimum absolute atomic E-state index is 0.257. The molecule has 0 aromatic rings. The van der Waals surface area contributed by atoms with Crippen LogP contribution < -0.4 is 0 Å². The summed E-state index contributed by atoms with van der Waals surface area (Å²) < 4.78 is 0. The molecule has 2 nitrogen and oxygen atoms in total. The number of hydrogen-bond donors (Lipinski definition) is 1. The van der Waals surface area contributed by atoms with Crippen LogP contribution in [0.1, 0.15) is 26.2 Å². The molecule has 1 N–H and O–H groups in total. The fourth-order valence-electron chi connectivity index (χ4n) is 2.37. The van der Waals surface area contributed by atoms with Crippen LogP contribution in [0.4, 0.5) is 0 Å². The van der Waals surface area contributed by atoms with Gasteiger partial charge >= 0.3 is 5.97 Å². The van der Waals surface area contributed by atoms with Crippen LogP contribution in [-0.2, 0) is 4.79 Å². The maximum atomic E-state index is 10.5. The zero-order valence-corrected chi connectivity index (χ0v) is 8.13.